The lowest BCUT2D eigenvalue weighted by Gasteiger charge is -2.25. The van der Waals surface area contributed by atoms with Gasteiger partial charge in [-0.15, -0.1) is 0 Å². The van der Waals surface area contributed by atoms with Crippen LogP contribution in [0, 0.1) is 11.7 Å². The fourth-order valence-electron chi connectivity index (χ4n) is 4.25. The number of amides is 1. The number of hydrogen-bond acceptors (Lipinski definition) is 6. The second kappa shape index (κ2) is 10.5. The number of carbonyl (C=O) groups is 1. The molecular weight excluding hydrogens is 453 g/mol. The molecule has 0 N–H and O–H groups in total. The molecule has 0 saturated carbocycles. The minimum atomic E-state index is -0.736. The molecule has 0 bridgehead atoms. The lowest BCUT2D eigenvalue weighted by atomic mass is 9.98. The van der Waals surface area contributed by atoms with Gasteiger partial charge in [0.15, 0.2) is 16.9 Å². The molecule has 1 aliphatic heterocycles. The first-order valence-corrected chi connectivity index (χ1v) is 11.8. The van der Waals surface area contributed by atoms with Crippen molar-refractivity contribution in [3.05, 3.63) is 69.3 Å². The van der Waals surface area contributed by atoms with Gasteiger partial charge in [-0.05, 0) is 55.2 Å². The van der Waals surface area contributed by atoms with Crippen molar-refractivity contribution < 1.29 is 27.8 Å². The quantitative estimate of drug-likeness (QED) is 0.406. The molecule has 1 atom stereocenters. The lowest BCUT2D eigenvalue weighted by Crippen LogP contribution is -2.32. The number of fused-ring (bicyclic) bond motifs is 2. The number of carbonyl (C=O) groups excluding carboxylic acids is 1. The van der Waals surface area contributed by atoms with E-state index in [0.29, 0.717) is 36.2 Å². The first kappa shape index (κ1) is 24.7. The predicted molar refractivity (Wildman–Crippen MR) is 130 cm³/mol. The van der Waals surface area contributed by atoms with E-state index in [1.165, 1.54) is 12.1 Å². The molecule has 0 radical (unpaired) electrons. The van der Waals surface area contributed by atoms with E-state index < -0.39 is 23.2 Å². The Balaban J connectivity index is 1.83. The van der Waals surface area contributed by atoms with Crippen molar-refractivity contribution in [2.75, 3.05) is 33.5 Å². The van der Waals surface area contributed by atoms with Crippen molar-refractivity contribution >= 4 is 16.9 Å². The lowest BCUT2D eigenvalue weighted by molar-refractivity contribution is 0.0663. The van der Waals surface area contributed by atoms with Crippen molar-refractivity contribution in [2.45, 2.75) is 33.2 Å². The molecular formula is C27H30FNO6. The first-order chi connectivity index (χ1) is 16.8. The summed E-state index contributed by atoms with van der Waals surface area (Å²) in [6.45, 7) is 7.60. The first-order valence-electron chi connectivity index (χ1n) is 11.8. The van der Waals surface area contributed by atoms with E-state index in [2.05, 4.69) is 13.8 Å². The topological polar surface area (TPSA) is 78.2 Å². The van der Waals surface area contributed by atoms with Crippen LogP contribution in [-0.2, 0) is 4.74 Å². The van der Waals surface area contributed by atoms with Crippen molar-refractivity contribution in [3.8, 4) is 11.5 Å². The summed E-state index contributed by atoms with van der Waals surface area (Å²) < 4.78 is 36.8. The van der Waals surface area contributed by atoms with Gasteiger partial charge in [0.25, 0.3) is 5.91 Å². The third kappa shape index (κ3) is 4.89. The Bertz CT molecular complexity index is 1280. The second-order valence-corrected chi connectivity index (χ2v) is 8.88. The molecule has 35 heavy (non-hydrogen) atoms. The van der Waals surface area contributed by atoms with Crippen molar-refractivity contribution in [3.63, 3.8) is 0 Å². The van der Waals surface area contributed by atoms with Gasteiger partial charge in [0, 0.05) is 13.7 Å². The summed E-state index contributed by atoms with van der Waals surface area (Å²) in [5.74, 6) is 0.614. The highest BCUT2D eigenvalue weighted by Crippen LogP contribution is 2.41. The summed E-state index contributed by atoms with van der Waals surface area (Å²) >= 11 is 0. The fraction of sp³-hybridized carbons (Fsp3) is 0.407. The Morgan fingerprint density at radius 2 is 1.86 bits per heavy atom. The monoisotopic (exact) mass is 483 g/mol. The van der Waals surface area contributed by atoms with Gasteiger partial charge in [0.1, 0.15) is 11.4 Å². The molecule has 0 spiro atoms. The van der Waals surface area contributed by atoms with Gasteiger partial charge in [-0.2, -0.15) is 0 Å². The van der Waals surface area contributed by atoms with E-state index in [-0.39, 0.29) is 35.4 Å². The standard InChI is InChI=1S/C27H30FNO6/c1-5-33-22-14-17(6-8-21(22)34-12-10-16(2)3)24-23-25(30)19-15-18(28)7-9-20(19)35-26(23)27(31)29(24)11-13-32-4/h6-9,14-16,24H,5,10-13H2,1-4H3. The number of benzene rings is 2. The molecule has 2 heterocycles. The molecule has 1 aromatic heterocycles. The summed E-state index contributed by atoms with van der Waals surface area (Å²) in [7, 11) is 1.54. The number of halogens is 1. The molecule has 0 aliphatic carbocycles. The maximum Gasteiger partial charge on any atom is 0.290 e. The van der Waals surface area contributed by atoms with Crippen LogP contribution in [0.2, 0.25) is 0 Å². The fourth-order valence-corrected chi connectivity index (χ4v) is 4.25. The zero-order valence-corrected chi connectivity index (χ0v) is 20.4. The normalized spacial score (nSPS) is 15.2. The minimum Gasteiger partial charge on any atom is -0.490 e. The van der Waals surface area contributed by atoms with Crippen LogP contribution in [0.5, 0.6) is 11.5 Å². The summed E-state index contributed by atoms with van der Waals surface area (Å²) in [4.78, 5) is 28.4. The Morgan fingerprint density at radius 1 is 1.06 bits per heavy atom. The van der Waals surface area contributed by atoms with Crippen LogP contribution in [0.3, 0.4) is 0 Å². The number of rotatable bonds is 10. The minimum absolute atomic E-state index is 0.0366. The summed E-state index contributed by atoms with van der Waals surface area (Å²) in [6, 6.07) is 8.36. The van der Waals surface area contributed by atoms with Gasteiger partial charge in [-0.3, -0.25) is 9.59 Å². The zero-order chi connectivity index (χ0) is 25.1. The number of nitrogens with zero attached hydrogens (tertiary/aromatic N) is 1. The van der Waals surface area contributed by atoms with Crippen LogP contribution in [0.15, 0.2) is 45.6 Å². The maximum atomic E-state index is 13.9. The maximum absolute atomic E-state index is 13.9. The van der Waals surface area contributed by atoms with E-state index in [4.69, 9.17) is 18.6 Å². The largest absolute Gasteiger partial charge is 0.490 e. The molecule has 0 fully saturated rings. The van der Waals surface area contributed by atoms with Gasteiger partial charge in [0.2, 0.25) is 5.76 Å². The molecule has 0 saturated heterocycles. The van der Waals surface area contributed by atoms with Crippen LogP contribution in [0.1, 0.15) is 54.9 Å². The van der Waals surface area contributed by atoms with Gasteiger partial charge >= 0.3 is 0 Å². The Hall–Kier alpha value is -3.39. The third-order valence-electron chi connectivity index (χ3n) is 6.00. The van der Waals surface area contributed by atoms with Crippen LogP contribution in [0.4, 0.5) is 4.39 Å². The van der Waals surface area contributed by atoms with E-state index in [0.717, 1.165) is 12.5 Å². The molecule has 2 aromatic carbocycles. The zero-order valence-electron chi connectivity index (χ0n) is 20.4. The highest BCUT2D eigenvalue weighted by atomic mass is 19.1. The molecule has 3 aromatic rings. The summed E-state index contributed by atoms with van der Waals surface area (Å²) in [5.41, 5.74) is 0.574. The van der Waals surface area contributed by atoms with Crippen molar-refractivity contribution in [1.82, 2.24) is 4.90 Å². The Kier molecular flexibility index (Phi) is 7.40. The van der Waals surface area contributed by atoms with Crippen molar-refractivity contribution in [2.24, 2.45) is 5.92 Å². The van der Waals surface area contributed by atoms with E-state index in [1.807, 2.05) is 13.0 Å². The van der Waals surface area contributed by atoms with Gasteiger partial charge in [0.05, 0.1) is 36.8 Å². The third-order valence-corrected chi connectivity index (χ3v) is 6.00. The molecule has 4 rings (SSSR count). The van der Waals surface area contributed by atoms with Crippen LogP contribution in [-0.4, -0.2) is 44.3 Å². The Morgan fingerprint density at radius 3 is 2.57 bits per heavy atom. The molecule has 1 aliphatic rings. The van der Waals surface area contributed by atoms with E-state index in [1.54, 1.807) is 24.1 Å². The van der Waals surface area contributed by atoms with E-state index in [9.17, 15) is 14.0 Å². The average Bonchev–Trinajstić information content (AvgIpc) is 3.11. The number of ether oxygens (including phenoxy) is 3. The van der Waals surface area contributed by atoms with Crippen LogP contribution >= 0.6 is 0 Å². The Labute approximate surface area is 203 Å². The van der Waals surface area contributed by atoms with Gasteiger partial charge in [-0.1, -0.05) is 19.9 Å². The molecule has 1 unspecified atom stereocenters. The van der Waals surface area contributed by atoms with Crippen LogP contribution < -0.4 is 14.9 Å². The second-order valence-electron chi connectivity index (χ2n) is 8.88. The molecule has 8 heteroatoms. The van der Waals surface area contributed by atoms with Crippen molar-refractivity contribution in [1.29, 1.82) is 0 Å². The predicted octanol–water partition coefficient (Wildman–Crippen LogP) is 4.95. The average molecular weight is 484 g/mol. The molecule has 186 valence electrons. The van der Waals surface area contributed by atoms with E-state index >= 15 is 0 Å². The van der Waals surface area contributed by atoms with Gasteiger partial charge in [-0.25, -0.2) is 4.39 Å². The number of hydrogen-bond donors (Lipinski definition) is 0. The molecule has 1 amide bonds. The molecule has 7 nitrogen and oxygen atoms in total. The number of methoxy groups -OCH3 is 1. The summed E-state index contributed by atoms with van der Waals surface area (Å²) in [5, 5.41) is 0.0915. The smallest absolute Gasteiger partial charge is 0.290 e. The van der Waals surface area contributed by atoms with Crippen LogP contribution in [0.25, 0.3) is 11.0 Å². The highest BCUT2D eigenvalue weighted by Gasteiger charge is 2.42. The highest BCUT2D eigenvalue weighted by molar-refractivity contribution is 5.99. The van der Waals surface area contributed by atoms with Gasteiger partial charge < -0.3 is 23.5 Å². The summed E-state index contributed by atoms with van der Waals surface area (Å²) in [6.07, 6.45) is 0.896. The SMILES string of the molecule is CCOc1cc(C2c3c(oc4ccc(F)cc4c3=O)C(=O)N2CCOC)ccc1OCCC(C)C.